The van der Waals surface area contributed by atoms with E-state index in [0.29, 0.717) is 17.1 Å². The maximum absolute atomic E-state index is 11.9. The van der Waals surface area contributed by atoms with Crippen LogP contribution in [0.1, 0.15) is 39.9 Å². The first-order valence-electron chi connectivity index (χ1n) is 5.25. The van der Waals surface area contributed by atoms with Crippen LogP contribution in [0.4, 0.5) is 0 Å². The molecule has 0 radical (unpaired) electrons. The Hall–Kier alpha value is -1.62. The van der Waals surface area contributed by atoms with Gasteiger partial charge in [-0.2, -0.15) is 0 Å². The van der Waals surface area contributed by atoms with Gasteiger partial charge in [0.15, 0.2) is 6.10 Å². The van der Waals surface area contributed by atoms with Gasteiger partial charge in [0.25, 0.3) is 0 Å². The Bertz CT molecular complexity index is 516. The third-order valence-electron chi connectivity index (χ3n) is 2.34. The third kappa shape index (κ3) is 2.55. The van der Waals surface area contributed by atoms with Crippen LogP contribution in [-0.2, 0) is 4.74 Å². The van der Waals surface area contributed by atoms with Crippen molar-refractivity contribution in [2.24, 2.45) is 0 Å². The molecule has 5 heteroatoms. The normalized spacial score (nSPS) is 12.4. The number of esters is 1. The van der Waals surface area contributed by atoms with Crippen molar-refractivity contribution in [1.82, 2.24) is 4.98 Å². The fraction of sp³-hybridized carbons (Fsp3) is 0.333. The molecule has 0 spiro atoms. The van der Waals surface area contributed by atoms with E-state index >= 15 is 0 Å². The highest BCUT2D eigenvalue weighted by Crippen LogP contribution is 2.22. The van der Waals surface area contributed by atoms with Gasteiger partial charge in [-0.3, -0.25) is 0 Å². The molecule has 2 heterocycles. The molecule has 0 bridgehead atoms. The van der Waals surface area contributed by atoms with Crippen LogP contribution in [0.5, 0.6) is 0 Å². The average Bonchev–Trinajstić information content (AvgIpc) is 2.87. The number of thiazole rings is 1. The van der Waals surface area contributed by atoms with Crippen molar-refractivity contribution in [2.75, 3.05) is 0 Å². The summed E-state index contributed by atoms with van der Waals surface area (Å²) in [7, 11) is 0. The summed E-state index contributed by atoms with van der Waals surface area (Å²) in [4.78, 5) is 16.0. The number of ether oxygens (including phenoxy) is 1. The smallest absolute Gasteiger partial charge is 0.342 e. The summed E-state index contributed by atoms with van der Waals surface area (Å²) in [6, 6.07) is 1.69. The van der Waals surface area contributed by atoms with Gasteiger partial charge in [0.05, 0.1) is 0 Å². The van der Waals surface area contributed by atoms with Crippen molar-refractivity contribution in [3.63, 3.8) is 0 Å². The molecule has 4 nitrogen and oxygen atoms in total. The van der Waals surface area contributed by atoms with Crippen molar-refractivity contribution in [2.45, 2.75) is 26.9 Å². The van der Waals surface area contributed by atoms with Gasteiger partial charge in [-0.05, 0) is 26.8 Å². The fourth-order valence-corrected chi connectivity index (χ4v) is 2.17. The molecule has 2 aromatic rings. The Morgan fingerprint density at radius 3 is 2.82 bits per heavy atom. The summed E-state index contributed by atoms with van der Waals surface area (Å²) in [5.41, 5.74) is 0.478. The van der Waals surface area contributed by atoms with Crippen LogP contribution in [-0.4, -0.2) is 11.0 Å². The lowest BCUT2D eigenvalue weighted by Gasteiger charge is -2.09. The highest BCUT2D eigenvalue weighted by Gasteiger charge is 2.19. The maximum atomic E-state index is 11.9. The zero-order chi connectivity index (χ0) is 12.4. The predicted molar refractivity (Wildman–Crippen MR) is 64.1 cm³/mol. The van der Waals surface area contributed by atoms with E-state index in [0.717, 1.165) is 5.01 Å². The minimum Gasteiger partial charge on any atom is -0.466 e. The Morgan fingerprint density at radius 2 is 2.29 bits per heavy atom. The third-order valence-corrected chi connectivity index (χ3v) is 3.28. The van der Waals surface area contributed by atoms with Gasteiger partial charge in [0.2, 0.25) is 0 Å². The van der Waals surface area contributed by atoms with Gasteiger partial charge in [-0.15, -0.1) is 11.3 Å². The van der Waals surface area contributed by atoms with Crippen LogP contribution in [0.15, 0.2) is 22.1 Å². The van der Waals surface area contributed by atoms with Crippen molar-refractivity contribution in [3.8, 4) is 0 Å². The Balaban J connectivity index is 2.09. The first-order chi connectivity index (χ1) is 8.08. The molecule has 0 aliphatic heterocycles. The SMILES string of the molecule is Cc1cc(C(=O)O[C@@H](C)c2nccs2)c(C)o1. The summed E-state index contributed by atoms with van der Waals surface area (Å²) in [5.74, 6) is 0.914. The average molecular weight is 251 g/mol. The summed E-state index contributed by atoms with van der Waals surface area (Å²) in [5, 5.41) is 2.64. The molecular weight excluding hydrogens is 238 g/mol. The lowest BCUT2D eigenvalue weighted by molar-refractivity contribution is 0.0335. The molecule has 17 heavy (non-hydrogen) atoms. The highest BCUT2D eigenvalue weighted by atomic mass is 32.1. The topological polar surface area (TPSA) is 52.3 Å². The number of aromatic nitrogens is 1. The summed E-state index contributed by atoms with van der Waals surface area (Å²) in [6.07, 6.45) is 1.36. The van der Waals surface area contributed by atoms with Crippen molar-refractivity contribution >= 4 is 17.3 Å². The minimum absolute atomic E-state index is 0.336. The molecule has 0 aromatic carbocycles. The summed E-state index contributed by atoms with van der Waals surface area (Å²) >= 11 is 1.47. The van der Waals surface area contributed by atoms with Crippen LogP contribution in [0.25, 0.3) is 0 Å². The molecule has 0 fully saturated rings. The van der Waals surface area contributed by atoms with E-state index < -0.39 is 0 Å². The number of carbonyl (C=O) groups excluding carboxylic acids is 1. The molecule has 0 saturated heterocycles. The van der Waals surface area contributed by atoms with E-state index in [1.54, 1.807) is 33.0 Å². The molecule has 0 N–H and O–H groups in total. The first kappa shape index (κ1) is 11.9. The largest absolute Gasteiger partial charge is 0.466 e. The predicted octanol–water partition coefficient (Wildman–Crippen LogP) is 3.27. The van der Waals surface area contributed by atoms with Gasteiger partial charge in [0.1, 0.15) is 22.1 Å². The van der Waals surface area contributed by atoms with Crippen LogP contribution < -0.4 is 0 Å². The number of carbonyl (C=O) groups is 1. The van der Waals surface area contributed by atoms with Crippen molar-refractivity contribution in [1.29, 1.82) is 0 Å². The van der Waals surface area contributed by atoms with Crippen LogP contribution >= 0.6 is 11.3 Å². The maximum Gasteiger partial charge on any atom is 0.342 e. The zero-order valence-corrected chi connectivity index (χ0v) is 10.7. The van der Waals surface area contributed by atoms with Crippen LogP contribution in [0.3, 0.4) is 0 Å². The summed E-state index contributed by atoms with van der Waals surface area (Å²) < 4.78 is 10.6. The quantitative estimate of drug-likeness (QED) is 0.785. The molecule has 0 aliphatic rings. The van der Waals surface area contributed by atoms with E-state index in [9.17, 15) is 4.79 Å². The molecule has 0 aliphatic carbocycles. The monoisotopic (exact) mass is 251 g/mol. The molecule has 0 unspecified atom stereocenters. The lowest BCUT2D eigenvalue weighted by Crippen LogP contribution is -2.09. The second kappa shape index (κ2) is 4.71. The molecule has 2 aromatic heterocycles. The number of aryl methyl sites for hydroxylation is 2. The van der Waals surface area contributed by atoms with Gasteiger partial charge >= 0.3 is 5.97 Å². The van der Waals surface area contributed by atoms with E-state index in [1.165, 1.54) is 11.3 Å². The van der Waals surface area contributed by atoms with Crippen LogP contribution in [0.2, 0.25) is 0 Å². The van der Waals surface area contributed by atoms with E-state index in [4.69, 9.17) is 9.15 Å². The zero-order valence-electron chi connectivity index (χ0n) is 9.89. The molecule has 0 saturated carbocycles. The molecule has 2 rings (SSSR count). The number of hydrogen-bond donors (Lipinski definition) is 0. The Morgan fingerprint density at radius 1 is 1.53 bits per heavy atom. The van der Waals surface area contributed by atoms with Gasteiger partial charge in [-0.1, -0.05) is 0 Å². The lowest BCUT2D eigenvalue weighted by atomic mass is 10.2. The number of rotatable bonds is 3. The van der Waals surface area contributed by atoms with E-state index in [2.05, 4.69) is 4.98 Å². The molecule has 90 valence electrons. The van der Waals surface area contributed by atoms with Crippen molar-refractivity contribution in [3.05, 3.63) is 39.7 Å². The van der Waals surface area contributed by atoms with Crippen molar-refractivity contribution < 1.29 is 13.9 Å². The van der Waals surface area contributed by atoms with Gasteiger partial charge in [0, 0.05) is 11.6 Å². The second-order valence-electron chi connectivity index (χ2n) is 3.74. The fourth-order valence-electron chi connectivity index (χ4n) is 1.54. The standard InChI is InChI=1S/C12H13NO3S/c1-7-6-10(8(2)15-7)12(14)16-9(3)11-13-4-5-17-11/h4-6,9H,1-3H3/t9-/m0/s1. The Labute approximate surface area is 103 Å². The second-order valence-corrected chi connectivity index (χ2v) is 4.67. The van der Waals surface area contributed by atoms with Gasteiger partial charge < -0.3 is 9.15 Å². The van der Waals surface area contributed by atoms with Crippen LogP contribution in [0, 0.1) is 13.8 Å². The number of nitrogens with zero attached hydrogens (tertiary/aromatic N) is 1. The summed E-state index contributed by atoms with van der Waals surface area (Å²) in [6.45, 7) is 5.35. The Kier molecular flexibility index (Phi) is 3.28. The van der Waals surface area contributed by atoms with Gasteiger partial charge in [-0.25, -0.2) is 9.78 Å². The minimum atomic E-state index is -0.373. The molecule has 1 atom stereocenters. The number of furan rings is 1. The molecule has 0 amide bonds. The highest BCUT2D eigenvalue weighted by molar-refractivity contribution is 7.09. The molecular formula is C12H13NO3S. The van der Waals surface area contributed by atoms with E-state index in [1.807, 2.05) is 5.38 Å². The number of hydrogen-bond acceptors (Lipinski definition) is 5. The van der Waals surface area contributed by atoms with E-state index in [-0.39, 0.29) is 12.1 Å². The first-order valence-corrected chi connectivity index (χ1v) is 6.13.